The monoisotopic (exact) mass is 187 g/mol. The minimum atomic E-state index is -4.07. The number of hydrogen-bond acceptors (Lipinski definition) is 1. The van der Waals surface area contributed by atoms with Crippen LogP contribution in [0, 0.1) is 5.92 Å². The van der Waals surface area contributed by atoms with E-state index in [1.54, 1.807) is 0 Å². The third-order valence-electron chi connectivity index (χ3n) is 1.82. The summed E-state index contributed by atoms with van der Waals surface area (Å²) in [6, 6.07) is 0. The molecule has 0 radical (unpaired) electrons. The van der Waals surface area contributed by atoms with Crippen LogP contribution in [0.1, 0.15) is 12.8 Å². The third-order valence-corrected chi connectivity index (χ3v) is 2.19. The van der Waals surface area contributed by atoms with Crippen LogP contribution in [-0.4, -0.2) is 18.2 Å². The summed E-state index contributed by atoms with van der Waals surface area (Å²) in [7, 11) is 0. The smallest absolute Gasteiger partial charge is 0.301 e. The van der Waals surface area contributed by atoms with Crippen LogP contribution in [0.15, 0.2) is 0 Å². The lowest BCUT2D eigenvalue weighted by molar-refractivity contribution is -0.178. The molecule has 1 N–H and O–H groups in total. The topological polar surface area (TPSA) is 12.0 Å². The average Bonchev–Trinajstić information content (AvgIpc) is 1.86. The van der Waals surface area contributed by atoms with Gasteiger partial charge in [-0.2, -0.15) is 13.2 Å². The summed E-state index contributed by atoms with van der Waals surface area (Å²) in [6.07, 6.45) is -3.53. The Hall–Kier alpha value is 0.0400. The molecular weight excluding hydrogens is 179 g/mol. The minimum Gasteiger partial charge on any atom is -0.301 e. The van der Waals surface area contributed by atoms with Gasteiger partial charge in [0.25, 0.3) is 0 Å². The second-order valence-electron chi connectivity index (χ2n) is 2.69. The van der Waals surface area contributed by atoms with Gasteiger partial charge in [0.05, 0.1) is 11.4 Å². The molecule has 0 bridgehead atoms. The zero-order valence-corrected chi connectivity index (χ0v) is 6.54. The van der Waals surface area contributed by atoms with Gasteiger partial charge in [0.15, 0.2) is 0 Å². The van der Waals surface area contributed by atoms with Gasteiger partial charge in [-0.15, -0.1) is 11.6 Å². The van der Waals surface area contributed by atoms with E-state index >= 15 is 0 Å². The first kappa shape index (κ1) is 9.13. The minimum absolute atomic E-state index is 0.0440. The maximum atomic E-state index is 12.0. The Morgan fingerprint density at radius 2 is 1.91 bits per heavy atom. The summed E-state index contributed by atoms with van der Waals surface area (Å²) in [4.78, 5) is 0. The molecule has 0 aromatic heterocycles. The zero-order valence-electron chi connectivity index (χ0n) is 5.79. The van der Waals surface area contributed by atoms with Crippen LogP contribution in [0.3, 0.4) is 0 Å². The normalized spacial score (nSPS) is 33.8. The van der Waals surface area contributed by atoms with Crippen LogP contribution in [0.5, 0.6) is 0 Å². The Bertz CT molecular complexity index is 128. The first-order valence-corrected chi connectivity index (χ1v) is 3.88. The number of alkyl halides is 4. The highest BCUT2D eigenvalue weighted by Crippen LogP contribution is 2.32. The van der Waals surface area contributed by atoms with E-state index < -0.39 is 12.1 Å². The van der Waals surface area contributed by atoms with Gasteiger partial charge in [0.1, 0.15) is 0 Å². The van der Waals surface area contributed by atoms with Crippen LogP contribution < -0.4 is 5.32 Å². The molecule has 0 aromatic rings. The van der Waals surface area contributed by atoms with E-state index in [-0.39, 0.29) is 18.5 Å². The first-order chi connectivity index (χ1) is 5.00. The summed E-state index contributed by atoms with van der Waals surface area (Å²) >= 11 is 5.55. The molecule has 0 aliphatic carbocycles. The molecule has 0 spiro atoms. The van der Waals surface area contributed by atoms with Gasteiger partial charge < -0.3 is 5.32 Å². The molecule has 1 saturated heterocycles. The van der Waals surface area contributed by atoms with Crippen molar-refractivity contribution >= 4 is 11.6 Å². The molecule has 0 amide bonds. The molecule has 2 unspecified atom stereocenters. The van der Waals surface area contributed by atoms with Crippen molar-refractivity contribution < 1.29 is 13.2 Å². The molecule has 1 fully saturated rings. The third kappa shape index (κ3) is 2.52. The molecule has 0 saturated carbocycles. The van der Waals surface area contributed by atoms with Gasteiger partial charge >= 0.3 is 6.18 Å². The van der Waals surface area contributed by atoms with E-state index in [2.05, 4.69) is 5.32 Å². The standard InChI is InChI=1S/C6H9ClF3N/c7-5-2-1-4(3-11-5)6(8,9)10/h4-5,11H,1-3H2. The van der Waals surface area contributed by atoms with Crippen LogP contribution in [0.2, 0.25) is 0 Å². The van der Waals surface area contributed by atoms with Crippen molar-refractivity contribution in [3.8, 4) is 0 Å². The Morgan fingerprint density at radius 3 is 2.27 bits per heavy atom. The van der Waals surface area contributed by atoms with Gasteiger partial charge in [-0.1, -0.05) is 0 Å². The van der Waals surface area contributed by atoms with Crippen LogP contribution in [0.25, 0.3) is 0 Å². The van der Waals surface area contributed by atoms with Crippen molar-refractivity contribution in [3.63, 3.8) is 0 Å². The fraction of sp³-hybridized carbons (Fsp3) is 1.00. The lowest BCUT2D eigenvalue weighted by atomic mass is 9.99. The van der Waals surface area contributed by atoms with Crippen molar-refractivity contribution in [2.45, 2.75) is 24.5 Å². The maximum absolute atomic E-state index is 12.0. The molecule has 1 nitrogen and oxygen atoms in total. The highest BCUT2D eigenvalue weighted by molar-refractivity contribution is 6.20. The van der Waals surface area contributed by atoms with E-state index in [1.165, 1.54) is 0 Å². The SMILES string of the molecule is FC(F)(F)C1CCC(Cl)NC1. The second kappa shape index (κ2) is 3.19. The maximum Gasteiger partial charge on any atom is 0.393 e. The largest absolute Gasteiger partial charge is 0.393 e. The highest BCUT2D eigenvalue weighted by Gasteiger charge is 2.40. The van der Waals surface area contributed by atoms with Gasteiger partial charge in [-0.25, -0.2) is 0 Å². The van der Waals surface area contributed by atoms with Crippen LogP contribution in [-0.2, 0) is 0 Å². The molecule has 1 heterocycles. The van der Waals surface area contributed by atoms with Gasteiger partial charge in [-0.3, -0.25) is 0 Å². The van der Waals surface area contributed by atoms with Crippen LogP contribution in [0.4, 0.5) is 13.2 Å². The highest BCUT2D eigenvalue weighted by atomic mass is 35.5. The molecule has 2 atom stereocenters. The second-order valence-corrected chi connectivity index (χ2v) is 3.22. The summed E-state index contributed by atoms with van der Waals surface area (Å²) in [5.41, 5.74) is -0.284. The fourth-order valence-corrected chi connectivity index (χ4v) is 1.32. The van der Waals surface area contributed by atoms with Crippen molar-refractivity contribution in [2.24, 2.45) is 5.92 Å². The number of halogens is 4. The van der Waals surface area contributed by atoms with Gasteiger partial charge in [0.2, 0.25) is 0 Å². The van der Waals surface area contributed by atoms with Crippen molar-refractivity contribution in [1.82, 2.24) is 5.32 Å². The Labute approximate surface area is 67.9 Å². The molecular formula is C6H9ClF3N. The average molecular weight is 188 g/mol. The van der Waals surface area contributed by atoms with Crippen LogP contribution >= 0.6 is 11.6 Å². The number of hydrogen-bond donors (Lipinski definition) is 1. The first-order valence-electron chi connectivity index (χ1n) is 3.44. The Balaban J connectivity index is 2.39. The van der Waals surface area contributed by atoms with E-state index in [9.17, 15) is 13.2 Å². The zero-order chi connectivity index (χ0) is 8.48. The summed E-state index contributed by atoms with van der Waals surface area (Å²) < 4.78 is 36.0. The molecule has 11 heavy (non-hydrogen) atoms. The number of piperidine rings is 1. The lowest BCUT2D eigenvalue weighted by Gasteiger charge is -2.27. The quantitative estimate of drug-likeness (QED) is 0.453. The molecule has 0 aromatic carbocycles. The number of rotatable bonds is 0. The predicted molar refractivity (Wildman–Crippen MR) is 36.4 cm³/mol. The van der Waals surface area contributed by atoms with E-state index in [4.69, 9.17) is 11.6 Å². The van der Waals surface area contributed by atoms with Gasteiger partial charge in [0, 0.05) is 6.54 Å². The van der Waals surface area contributed by atoms with Gasteiger partial charge in [-0.05, 0) is 12.8 Å². The molecule has 5 heteroatoms. The molecule has 1 aliphatic rings. The molecule has 1 rings (SSSR count). The summed E-state index contributed by atoms with van der Waals surface area (Å²) in [5.74, 6) is -1.21. The summed E-state index contributed by atoms with van der Waals surface area (Å²) in [5, 5.41) is 2.58. The Kier molecular flexibility index (Phi) is 2.65. The fourth-order valence-electron chi connectivity index (χ4n) is 1.10. The van der Waals surface area contributed by atoms with Crippen molar-refractivity contribution in [1.29, 1.82) is 0 Å². The van der Waals surface area contributed by atoms with Crippen molar-refractivity contribution in [2.75, 3.05) is 6.54 Å². The summed E-state index contributed by atoms with van der Waals surface area (Å²) in [6.45, 7) is -0.0440. The van der Waals surface area contributed by atoms with E-state index in [1.807, 2.05) is 0 Å². The van der Waals surface area contributed by atoms with E-state index in [0.717, 1.165) is 0 Å². The molecule has 1 aliphatic heterocycles. The molecule has 66 valence electrons. The Morgan fingerprint density at radius 1 is 1.27 bits per heavy atom. The van der Waals surface area contributed by atoms with Crippen molar-refractivity contribution in [3.05, 3.63) is 0 Å². The van der Waals surface area contributed by atoms with E-state index in [0.29, 0.717) is 6.42 Å². The lowest BCUT2D eigenvalue weighted by Crippen LogP contribution is -2.41. The number of nitrogens with one attached hydrogen (secondary N) is 1. The predicted octanol–water partition coefficient (Wildman–Crippen LogP) is 2.11.